The highest BCUT2D eigenvalue weighted by Gasteiger charge is 2.37. The van der Waals surface area contributed by atoms with Gasteiger partial charge in [0.25, 0.3) is 11.8 Å². The minimum absolute atomic E-state index is 0.0445. The fourth-order valence-corrected chi connectivity index (χ4v) is 2.75. The Hall–Kier alpha value is -3.62. The summed E-state index contributed by atoms with van der Waals surface area (Å²) in [5.41, 5.74) is 0.593. The van der Waals surface area contributed by atoms with E-state index in [1.54, 1.807) is 18.2 Å². The van der Waals surface area contributed by atoms with Crippen LogP contribution >= 0.6 is 0 Å². The van der Waals surface area contributed by atoms with Crippen LogP contribution in [0.3, 0.4) is 0 Å². The number of methoxy groups -OCH3 is 3. The van der Waals surface area contributed by atoms with Crippen LogP contribution in [0.5, 0.6) is 17.2 Å². The normalized spacial score (nSPS) is 12.6. The molecule has 0 fully saturated rings. The number of ether oxygens (including phenoxy) is 3. The van der Waals surface area contributed by atoms with Crippen LogP contribution < -0.4 is 19.5 Å². The van der Waals surface area contributed by atoms with E-state index in [9.17, 15) is 14.4 Å². The minimum Gasteiger partial charge on any atom is -0.493 e. The lowest BCUT2D eigenvalue weighted by molar-refractivity contribution is -0.116. The molecule has 0 bridgehead atoms. The van der Waals surface area contributed by atoms with Gasteiger partial charge in [-0.15, -0.1) is 0 Å². The van der Waals surface area contributed by atoms with E-state index in [4.69, 9.17) is 14.2 Å². The molecule has 0 unspecified atom stereocenters. The molecule has 9 heteroatoms. The fraction of sp³-hybridized carbons (Fsp3) is 0.222. The fourth-order valence-electron chi connectivity index (χ4n) is 2.75. The second-order valence-corrected chi connectivity index (χ2v) is 5.56. The van der Waals surface area contributed by atoms with Gasteiger partial charge in [-0.05, 0) is 12.1 Å². The Labute approximate surface area is 154 Å². The smallest absolute Gasteiger partial charge is 0.280 e. The largest absolute Gasteiger partial charge is 0.493 e. The average Bonchev–Trinajstić information content (AvgIpc) is 2.92. The highest BCUT2D eigenvalue weighted by Crippen LogP contribution is 2.39. The molecule has 1 aliphatic heterocycles. The van der Waals surface area contributed by atoms with E-state index < -0.39 is 24.3 Å². The van der Waals surface area contributed by atoms with Crippen LogP contribution in [0.25, 0.3) is 0 Å². The van der Waals surface area contributed by atoms with Gasteiger partial charge in [0.15, 0.2) is 11.5 Å². The van der Waals surface area contributed by atoms with Crippen molar-refractivity contribution >= 4 is 23.4 Å². The first-order valence-corrected chi connectivity index (χ1v) is 7.91. The number of pyridine rings is 1. The Balaban J connectivity index is 1.77. The number of imide groups is 1. The Morgan fingerprint density at radius 2 is 1.74 bits per heavy atom. The summed E-state index contributed by atoms with van der Waals surface area (Å²) in [5.74, 6) is -0.615. The summed E-state index contributed by atoms with van der Waals surface area (Å²) in [4.78, 5) is 41.7. The van der Waals surface area contributed by atoms with Crippen molar-refractivity contribution in [3.05, 3.63) is 41.7 Å². The van der Waals surface area contributed by atoms with Crippen molar-refractivity contribution in [1.29, 1.82) is 0 Å². The molecule has 2 heterocycles. The summed E-state index contributed by atoms with van der Waals surface area (Å²) in [7, 11) is 4.37. The molecule has 0 saturated heterocycles. The van der Waals surface area contributed by atoms with Crippen LogP contribution in [0.4, 0.5) is 5.69 Å². The van der Waals surface area contributed by atoms with E-state index in [0.29, 0.717) is 22.9 Å². The molecular formula is C18H17N3O6. The first-order valence-electron chi connectivity index (χ1n) is 7.91. The molecule has 27 heavy (non-hydrogen) atoms. The molecule has 1 aliphatic rings. The van der Waals surface area contributed by atoms with Crippen molar-refractivity contribution < 1.29 is 28.6 Å². The van der Waals surface area contributed by atoms with Crippen LogP contribution in [0, 0.1) is 0 Å². The van der Waals surface area contributed by atoms with Gasteiger partial charge in [0.05, 0.1) is 26.9 Å². The Kier molecular flexibility index (Phi) is 4.93. The van der Waals surface area contributed by atoms with E-state index in [1.807, 2.05) is 0 Å². The SMILES string of the molecule is COc1cc(NC(=O)CN2C(=O)c3cccnc3C2=O)cc(OC)c1OC. The lowest BCUT2D eigenvalue weighted by Crippen LogP contribution is -2.37. The lowest BCUT2D eigenvalue weighted by atomic mass is 10.2. The van der Waals surface area contributed by atoms with Gasteiger partial charge in [-0.1, -0.05) is 0 Å². The topological polar surface area (TPSA) is 107 Å². The first-order chi connectivity index (χ1) is 13.0. The minimum atomic E-state index is -0.601. The van der Waals surface area contributed by atoms with Gasteiger partial charge in [-0.2, -0.15) is 0 Å². The van der Waals surface area contributed by atoms with Gasteiger partial charge >= 0.3 is 0 Å². The number of nitrogens with zero attached hydrogens (tertiary/aromatic N) is 2. The van der Waals surface area contributed by atoms with Crippen molar-refractivity contribution in [3.63, 3.8) is 0 Å². The third-order valence-corrected chi connectivity index (χ3v) is 3.98. The predicted molar refractivity (Wildman–Crippen MR) is 94.3 cm³/mol. The summed E-state index contributed by atoms with van der Waals surface area (Å²) in [6.07, 6.45) is 1.42. The number of aromatic nitrogens is 1. The number of anilines is 1. The molecule has 0 saturated carbocycles. The molecular weight excluding hydrogens is 354 g/mol. The molecule has 3 amide bonds. The number of rotatable bonds is 6. The zero-order valence-corrected chi connectivity index (χ0v) is 14.9. The first kappa shape index (κ1) is 18.2. The Morgan fingerprint density at radius 1 is 1.07 bits per heavy atom. The molecule has 0 radical (unpaired) electrons. The molecule has 2 aromatic rings. The number of hydrogen-bond acceptors (Lipinski definition) is 7. The number of carbonyl (C=O) groups excluding carboxylic acids is 3. The summed E-state index contributed by atoms with van der Waals surface area (Å²) >= 11 is 0. The molecule has 0 spiro atoms. The number of nitrogens with one attached hydrogen (secondary N) is 1. The maximum Gasteiger partial charge on any atom is 0.280 e. The van der Waals surface area contributed by atoms with Gasteiger partial charge in [-0.25, -0.2) is 0 Å². The molecule has 9 nitrogen and oxygen atoms in total. The predicted octanol–water partition coefficient (Wildman–Crippen LogP) is 1.34. The molecule has 140 valence electrons. The maximum atomic E-state index is 12.4. The van der Waals surface area contributed by atoms with Crippen molar-refractivity contribution in [2.24, 2.45) is 0 Å². The standard InChI is InChI=1S/C18H17N3O6/c1-25-12-7-10(8-13(26-2)16(12)27-3)20-14(22)9-21-17(23)11-5-4-6-19-15(11)18(21)24/h4-8H,9H2,1-3H3,(H,20,22). The lowest BCUT2D eigenvalue weighted by Gasteiger charge is -2.16. The van der Waals surface area contributed by atoms with Gasteiger partial charge in [0.1, 0.15) is 12.2 Å². The molecule has 1 aromatic heterocycles. The molecule has 0 aliphatic carbocycles. The van der Waals surface area contributed by atoms with Crippen LogP contribution in [0.15, 0.2) is 30.5 Å². The average molecular weight is 371 g/mol. The van der Waals surface area contributed by atoms with E-state index in [-0.39, 0.29) is 11.3 Å². The third-order valence-electron chi connectivity index (χ3n) is 3.98. The quantitative estimate of drug-likeness (QED) is 0.764. The Bertz CT molecular complexity index is 867. The zero-order chi connectivity index (χ0) is 19.6. The second kappa shape index (κ2) is 7.32. The van der Waals surface area contributed by atoms with E-state index >= 15 is 0 Å². The van der Waals surface area contributed by atoms with Gasteiger partial charge in [0.2, 0.25) is 11.7 Å². The Morgan fingerprint density at radius 3 is 2.30 bits per heavy atom. The molecule has 3 rings (SSSR count). The van der Waals surface area contributed by atoms with E-state index in [2.05, 4.69) is 10.3 Å². The van der Waals surface area contributed by atoms with Crippen LogP contribution in [0.1, 0.15) is 20.8 Å². The monoisotopic (exact) mass is 371 g/mol. The zero-order valence-electron chi connectivity index (χ0n) is 14.9. The molecule has 1 aromatic carbocycles. The van der Waals surface area contributed by atoms with Crippen molar-refractivity contribution in [2.45, 2.75) is 0 Å². The van der Waals surface area contributed by atoms with Gasteiger partial charge in [0, 0.05) is 24.0 Å². The second-order valence-electron chi connectivity index (χ2n) is 5.56. The summed E-state index contributed by atoms with van der Waals surface area (Å²) < 4.78 is 15.7. The van der Waals surface area contributed by atoms with Crippen LogP contribution in [-0.2, 0) is 4.79 Å². The number of benzene rings is 1. The van der Waals surface area contributed by atoms with E-state index in [1.165, 1.54) is 33.6 Å². The van der Waals surface area contributed by atoms with Crippen molar-refractivity contribution in [1.82, 2.24) is 9.88 Å². The summed E-state index contributed by atoms with van der Waals surface area (Å²) in [6, 6.07) is 6.15. The highest BCUT2D eigenvalue weighted by molar-refractivity contribution is 6.21. The number of amides is 3. The van der Waals surface area contributed by atoms with Gasteiger partial charge < -0.3 is 19.5 Å². The molecule has 0 atom stereocenters. The summed E-state index contributed by atoms with van der Waals surface area (Å²) in [6.45, 7) is -0.440. The number of hydrogen-bond donors (Lipinski definition) is 1. The van der Waals surface area contributed by atoms with Crippen molar-refractivity contribution in [3.8, 4) is 17.2 Å². The maximum absolute atomic E-state index is 12.4. The highest BCUT2D eigenvalue weighted by atomic mass is 16.5. The summed E-state index contributed by atoms with van der Waals surface area (Å²) in [5, 5.41) is 2.62. The number of fused-ring (bicyclic) bond motifs is 1. The van der Waals surface area contributed by atoms with E-state index in [0.717, 1.165) is 4.90 Å². The van der Waals surface area contributed by atoms with Crippen LogP contribution in [0.2, 0.25) is 0 Å². The number of carbonyl (C=O) groups is 3. The van der Waals surface area contributed by atoms with Crippen molar-refractivity contribution in [2.75, 3.05) is 33.2 Å². The third kappa shape index (κ3) is 3.26. The van der Waals surface area contributed by atoms with Gasteiger partial charge in [-0.3, -0.25) is 24.3 Å². The molecule has 1 N–H and O–H groups in total. The van der Waals surface area contributed by atoms with Crippen LogP contribution in [-0.4, -0.2) is 55.5 Å².